The molecule has 8 heteroatoms. The quantitative estimate of drug-likeness (QED) is 0.540. The summed E-state index contributed by atoms with van der Waals surface area (Å²) in [6, 6.07) is 11.5. The van der Waals surface area contributed by atoms with Crippen LogP contribution in [0.15, 0.2) is 47.4 Å². The zero-order chi connectivity index (χ0) is 24.0. The molecule has 33 heavy (non-hydrogen) atoms. The monoisotopic (exact) mass is 476 g/mol. The zero-order valence-electron chi connectivity index (χ0n) is 19.6. The predicted octanol–water partition coefficient (Wildman–Crippen LogP) is 4.35. The van der Waals surface area contributed by atoms with Gasteiger partial charge in [0.1, 0.15) is 11.6 Å². The number of nitrogens with zero attached hydrogens (tertiary/aromatic N) is 2. The van der Waals surface area contributed by atoms with Gasteiger partial charge < -0.3 is 9.64 Å². The second kappa shape index (κ2) is 11.1. The van der Waals surface area contributed by atoms with Crippen LogP contribution in [0.25, 0.3) is 0 Å². The standard InChI is InChI=1S/C25H33FN2O4S/c1-4-28(5-2)33(30,31)22-12-13-24(26)23(18-22)25(29)27-16-14-20(15-17-27)7-6-19-8-10-21(32-3)11-9-19/h8-13,18,20H,4-7,14-17H2,1-3H3. The second-order valence-corrected chi connectivity index (χ2v) is 10.3. The highest BCUT2D eigenvalue weighted by molar-refractivity contribution is 7.89. The molecule has 3 rings (SSSR count). The topological polar surface area (TPSA) is 66.9 Å². The van der Waals surface area contributed by atoms with Crippen LogP contribution in [-0.4, -0.2) is 56.8 Å². The fourth-order valence-corrected chi connectivity index (χ4v) is 5.78. The van der Waals surface area contributed by atoms with Gasteiger partial charge in [0.2, 0.25) is 10.0 Å². The molecule has 1 amide bonds. The summed E-state index contributed by atoms with van der Waals surface area (Å²) >= 11 is 0. The van der Waals surface area contributed by atoms with Crippen molar-refractivity contribution in [1.82, 2.24) is 9.21 Å². The number of ether oxygens (including phenoxy) is 1. The first-order valence-corrected chi connectivity index (χ1v) is 13.0. The van der Waals surface area contributed by atoms with Crippen LogP contribution in [0.3, 0.4) is 0 Å². The third-order valence-electron chi connectivity index (χ3n) is 6.41. The molecule has 6 nitrogen and oxygen atoms in total. The lowest BCUT2D eigenvalue weighted by molar-refractivity contribution is 0.0682. The van der Waals surface area contributed by atoms with Crippen LogP contribution in [0.5, 0.6) is 5.75 Å². The van der Waals surface area contributed by atoms with E-state index in [0.29, 0.717) is 32.1 Å². The first-order valence-electron chi connectivity index (χ1n) is 11.5. The summed E-state index contributed by atoms with van der Waals surface area (Å²) in [5, 5.41) is 0. The number of piperidine rings is 1. The van der Waals surface area contributed by atoms with E-state index in [1.54, 1.807) is 25.9 Å². The minimum atomic E-state index is -3.76. The fourth-order valence-electron chi connectivity index (χ4n) is 4.30. The lowest BCUT2D eigenvalue weighted by Crippen LogP contribution is -2.39. The van der Waals surface area contributed by atoms with Gasteiger partial charge in [-0.1, -0.05) is 26.0 Å². The Bertz CT molecular complexity index is 1040. The Morgan fingerprint density at radius 1 is 1.09 bits per heavy atom. The minimum Gasteiger partial charge on any atom is -0.497 e. The summed E-state index contributed by atoms with van der Waals surface area (Å²) in [5.74, 6) is 0.194. The molecule has 2 aromatic carbocycles. The molecule has 0 radical (unpaired) electrons. The molecule has 0 atom stereocenters. The summed E-state index contributed by atoms with van der Waals surface area (Å²) in [5.41, 5.74) is 1.07. The maximum absolute atomic E-state index is 14.5. The molecule has 1 heterocycles. The van der Waals surface area contributed by atoms with Crippen molar-refractivity contribution in [2.75, 3.05) is 33.3 Å². The summed E-state index contributed by atoms with van der Waals surface area (Å²) in [4.78, 5) is 14.6. The number of benzene rings is 2. The number of aryl methyl sites for hydroxylation is 1. The van der Waals surface area contributed by atoms with Gasteiger partial charge in [-0.2, -0.15) is 4.31 Å². The molecule has 0 aliphatic carbocycles. The lowest BCUT2D eigenvalue weighted by atomic mass is 9.90. The molecule has 0 aromatic heterocycles. The van der Waals surface area contributed by atoms with Crippen molar-refractivity contribution < 1.29 is 22.3 Å². The Balaban J connectivity index is 1.62. The highest BCUT2D eigenvalue weighted by Crippen LogP contribution is 2.26. The van der Waals surface area contributed by atoms with E-state index in [0.717, 1.165) is 37.5 Å². The van der Waals surface area contributed by atoms with Crippen LogP contribution in [0.4, 0.5) is 4.39 Å². The second-order valence-electron chi connectivity index (χ2n) is 8.35. The third kappa shape index (κ3) is 5.92. The van der Waals surface area contributed by atoms with Crippen molar-refractivity contribution >= 4 is 15.9 Å². The number of rotatable bonds is 9. The Hall–Kier alpha value is -2.45. The molecular weight excluding hydrogens is 443 g/mol. The Morgan fingerprint density at radius 2 is 1.73 bits per heavy atom. The van der Waals surface area contributed by atoms with Crippen molar-refractivity contribution in [3.05, 3.63) is 59.4 Å². The maximum atomic E-state index is 14.5. The highest BCUT2D eigenvalue weighted by Gasteiger charge is 2.28. The normalized spacial score (nSPS) is 15.1. The van der Waals surface area contributed by atoms with Crippen LogP contribution in [-0.2, 0) is 16.4 Å². The Morgan fingerprint density at radius 3 is 2.30 bits per heavy atom. The minimum absolute atomic E-state index is 0.0506. The molecule has 0 N–H and O–H groups in total. The van der Waals surface area contributed by atoms with Gasteiger partial charge in [0, 0.05) is 26.2 Å². The van der Waals surface area contributed by atoms with Crippen LogP contribution < -0.4 is 4.74 Å². The van der Waals surface area contributed by atoms with Gasteiger partial charge in [-0.25, -0.2) is 12.8 Å². The average molecular weight is 477 g/mol. The van der Waals surface area contributed by atoms with E-state index >= 15 is 0 Å². The first-order chi connectivity index (χ1) is 15.8. The third-order valence-corrected chi connectivity index (χ3v) is 8.46. The molecule has 0 unspecified atom stereocenters. The highest BCUT2D eigenvalue weighted by atomic mass is 32.2. The molecule has 0 bridgehead atoms. The Labute approximate surface area is 196 Å². The van der Waals surface area contributed by atoms with Gasteiger partial charge in [0.25, 0.3) is 5.91 Å². The van der Waals surface area contributed by atoms with E-state index in [4.69, 9.17) is 4.74 Å². The van der Waals surface area contributed by atoms with Gasteiger partial charge in [-0.05, 0) is 67.5 Å². The molecule has 1 aliphatic rings. The number of carbonyl (C=O) groups is 1. The molecule has 2 aromatic rings. The summed E-state index contributed by atoms with van der Waals surface area (Å²) in [7, 11) is -2.11. The van der Waals surface area contributed by atoms with Crippen LogP contribution in [0, 0.1) is 11.7 Å². The predicted molar refractivity (Wildman–Crippen MR) is 126 cm³/mol. The molecule has 1 aliphatic heterocycles. The van der Waals surface area contributed by atoms with Gasteiger partial charge >= 0.3 is 0 Å². The van der Waals surface area contributed by atoms with Gasteiger partial charge in [0.05, 0.1) is 17.6 Å². The number of hydrogen-bond donors (Lipinski definition) is 0. The SMILES string of the molecule is CCN(CC)S(=O)(=O)c1ccc(F)c(C(=O)N2CCC(CCc3ccc(OC)cc3)CC2)c1. The smallest absolute Gasteiger partial charge is 0.256 e. The van der Waals surface area contributed by atoms with Gasteiger partial charge in [-0.15, -0.1) is 0 Å². The van der Waals surface area contributed by atoms with Crippen LogP contribution in [0.2, 0.25) is 0 Å². The van der Waals surface area contributed by atoms with E-state index in [2.05, 4.69) is 12.1 Å². The molecular formula is C25H33FN2O4S. The van der Waals surface area contributed by atoms with Crippen molar-refractivity contribution in [3.63, 3.8) is 0 Å². The molecule has 1 fully saturated rings. The summed E-state index contributed by atoms with van der Waals surface area (Å²) in [6.45, 7) is 5.19. The number of likely N-dealkylation sites (tertiary alicyclic amines) is 1. The Kier molecular flexibility index (Phi) is 8.48. The van der Waals surface area contributed by atoms with Crippen molar-refractivity contribution in [3.8, 4) is 5.75 Å². The maximum Gasteiger partial charge on any atom is 0.256 e. The van der Waals surface area contributed by atoms with Crippen molar-refractivity contribution in [2.24, 2.45) is 5.92 Å². The summed E-state index contributed by atoms with van der Waals surface area (Å²) < 4.78 is 46.6. The van der Waals surface area contributed by atoms with Crippen LogP contribution >= 0.6 is 0 Å². The number of carbonyl (C=O) groups excluding carboxylic acids is 1. The lowest BCUT2D eigenvalue weighted by Gasteiger charge is -2.32. The zero-order valence-corrected chi connectivity index (χ0v) is 20.4. The number of amides is 1. The van der Waals surface area contributed by atoms with E-state index in [9.17, 15) is 17.6 Å². The first kappa shape index (κ1) is 25.2. The van der Waals surface area contributed by atoms with E-state index < -0.39 is 21.7 Å². The van der Waals surface area contributed by atoms with Crippen LogP contribution in [0.1, 0.15) is 49.0 Å². The largest absolute Gasteiger partial charge is 0.497 e. The molecule has 180 valence electrons. The molecule has 1 saturated heterocycles. The number of sulfonamides is 1. The number of methoxy groups -OCH3 is 1. The molecule has 0 spiro atoms. The van der Waals surface area contributed by atoms with Crippen molar-refractivity contribution in [2.45, 2.75) is 44.4 Å². The number of halogens is 1. The van der Waals surface area contributed by atoms with E-state index in [1.807, 2.05) is 12.1 Å². The summed E-state index contributed by atoms with van der Waals surface area (Å²) in [6.07, 6.45) is 3.69. The average Bonchev–Trinajstić information content (AvgIpc) is 2.83. The van der Waals surface area contributed by atoms with E-state index in [-0.39, 0.29) is 10.5 Å². The fraction of sp³-hybridized carbons (Fsp3) is 0.480. The van der Waals surface area contributed by atoms with Crippen molar-refractivity contribution in [1.29, 1.82) is 0 Å². The number of hydrogen-bond acceptors (Lipinski definition) is 4. The van der Waals surface area contributed by atoms with Gasteiger partial charge in [-0.3, -0.25) is 4.79 Å². The molecule has 0 saturated carbocycles. The van der Waals surface area contributed by atoms with E-state index in [1.165, 1.54) is 22.0 Å². The van der Waals surface area contributed by atoms with Gasteiger partial charge in [0.15, 0.2) is 0 Å².